The van der Waals surface area contributed by atoms with Gasteiger partial charge in [-0.15, -0.1) is 0 Å². The molecule has 0 aliphatic carbocycles. The van der Waals surface area contributed by atoms with E-state index < -0.39 is 0 Å². The van der Waals surface area contributed by atoms with Crippen LogP contribution in [0.3, 0.4) is 0 Å². The Balaban J connectivity index is 2.39. The molecule has 0 saturated carbocycles. The first kappa shape index (κ1) is 12.1. The predicted molar refractivity (Wildman–Crippen MR) is 70.1 cm³/mol. The Morgan fingerprint density at radius 2 is 1.82 bits per heavy atom. The molecule has 1 unspecified atom stereocenters. The van der Waals surface area contributed by atoms with Crippen molar-refractivity contribution < 1.29 is 9.47 Å². The second kappa shape index (κ2) is 5.30. The highest BCUT2D eigenvalue weighted by Gasteiger charge is 2.22. The van der Waals surface area contributed by atoms with E-state index in [-0.39, 0.29) is 0 Å². The molecular formula is C14H21NO2. The molecular weight excluding hydrogens is 214 g/mol. The van der Waals surface area contributed by atoms with Crippen LogP contribution in [0.15, 0.2) is 12.1 Å². The first-order chi connectivity index (χ1) is 8.26. The Kier molecular flexibility index (Phi) is 3.77. The van der Waals surface area contributed by atoms with E-state index in [1.165, 1.54) is 5.56 Å². The second-order valence-electron chi connectivity index (χ2n) is 4.47. The lowest BCUT2D eigenvalue weighted by Gasteiger charge is -2.27. The molecule has 3 nitrogen and oxygen atoms in total. The third kappa shape index (κ3) is 2.48. The SMILES string of the molecule is CCOc1ccc(OCC)c2c1CC(C)CN2. The molecule has 1 aromatic rings. The summed E-state index contributed by atoms with van der Waals surface area (Å²) in [7, 11) is 0. The Hall–Kier alpha value is -1.38. The standard InChI is InChI=1S/C14H21NO2/c1-4-16-12-6-7-13(17-5-2)14-11(12)8-10(3)9-15-14/h6-7,10,15H,4-5,8-9H2,1-3H3. The Bertz CT molecular complexity index is 390. The van der Waals surface area contributed by atoms with E-state index in [9.17, 15) is 0 Å². The van der Waals surface area contributed by atoms with Gasteiger partial charge >= 0.3 is 0 Å². The van der Waals surface area contributed by atoms with Crippen molar-refractivity contribution in [2.75, 3.05) is 25.1 Å². The zero-order valence-electron chi connectivity index (χ0n) is 10.9. The average molecular weight is 235 g/mol. The lowest BCUT2D eigenvalue weighted by molar-refractivity contribution is 0.325. The smallest absolute Gasteiger partial charge is 0.142 e. The van der Waals surface area contributed by atoms with Crippen LogP contribution in [-0.2, 0) is 6.42 Å². The van der Waals surface area contributed by atoms with Gasteiger partial charge in [0, 0.05) is 12.1 Å². The quantitative estimate of drug-likeness (QED) is 0.870. The van der Waals surface area contributed by atoms with Gasteiger partial charge in [-0.05, 0) is 38.3 Å². The van der Waals surface area contributed by atoms with Gasteiger partial charge in [-0.25, -0.2) is 0 Å². The van der Waals surface area contributed by atoms with Gasteiger partial charge in [0.1, 0.15) is 11.5 Å². The van der Waals surface area contributed by atoms with Gasteiger partial charge < -0.3 is 14.8 Å². The van der Waals surface area contributed by atoms with Crippen LogP contribution in [0.5, 0.6) is 11.5 Å². The monoisotopic (exact) mass is 235 g/mol. The molecule has 0 aromatic heterocycles. The van der Waals surface area contributed by atoms with Crippen LogP contribution in [0.25, 0.3) is 0 Å². The van der Waals surface area contributed by atoms with Gasteiger partial charge in [0.25, 0.3) is 0 Å². The van der Waals surface area contributed by atoms with Gasteiger partial charge in [0.2, 0.25) is 0 Å². The molecule has 1 aliphatic rings. The summed E-state index contributed by atoms with van der Waals surface area (Å²) in [5.41, 5.74) is 2.38. The number of ether oxygens (including phenoxy) is 2. The minimum absolute atomic E-state index is 0.638. The van der Waals surface area contributed by atoms with Gasteiger partial charge in [-0.2, -0.15) is 0 Å². The molecule has 0 bridgehead atoms. The van der Waals surface area contributed by atoms with Crippen LogP contribution in [0.4, 0.5) is 5.69 Å². The Morgan fingerprint density at radius 3 is 2.53 bits per heavy atom. The second-order valence-corrected chi connectivity index (χ2v) is 4.47. The lowest BCUT2D eigenvalue weighted by Crippen LogP contribution is -2.22. The highest BCUT2D eigenvalue weighted by Crippen LogP contribution is 2.39. The summed E-state index contributed by atoms with van der Waals surface area (Å²) in [6.07, 6.45) is 1.05. The predicted octanol–water partition coefficient (Wildman–Crippen LogP) is 3.09. The van der Waals surface area contributed by atoms with Crippen molar-refractivity contribution in [2.24, 2.45) is 5.92 Å². The normalized spacial score (nSPS) is 18.2. The van der Waals surface area contributed by atoms with Gasteiger partial charge in [0.05, 0.1) is 18.9 Å². The molecule has 0 radical (unpaired) electrons. The van der Waals surface area contributed by atoms with Gasteiger partial charge in [-0.1, -0.05) is 6.92 Å². The summed E-state index contributed by atoms with van der Waals surface area (Å²) < 4.78 is 11.3. The minimum Gasteiger partial charge on any atom is -0.494 e. The molecule has 0 saturated heterocycles. The number of benzene rings is 1. The van der Waals surface area contributed by atoms with Crippen molar-refractivity contribution in [3.05, 3.63) is 17.7 Å². The van der Waals surface area contributed by atoms with E-state index >= 15 is 0 Å². The maximum atomic E-state index is 5.69. The van der Waals surface area contributed by atoms with Crippen molar-refractivity contribution in [2.45, 2.75) is 27.2 Å². The molecule has 0 amide bonds. The largest absolute Gasteiger partial charge is 0.494 e. The zero-order chi connectivity index (χ0) is 12.3. The van der Waals surface area contributed by atoms with Crippen LogP contribution < -0.4 is 14.8 Å². The molecule has 17 heavy (non-hydrogen) atoms. The molecule has 2 rings (SSSR count). The summed E-state index contributed by atoms with van der Waals surface area (Å²) in [6.45, 7) is 8.67. The van der Waals surface area contributed by atoms with Gasteiger partial charge in [-0.3, -0.25) is 0 Å². The number of hydrogen-bond acceptors (Lipinski definition) is 3. The molecule has 1 aromatic carbocycles. The van der Waals surface area contributed by atoms with Crippen LogP contribution >= 0.6 is 0 Å². The van der Waals surface area contributed by atoms with E-state index in [0.717, 1.165) is 30.2 Å². The minimum atomic E-state index is 0.638. The van der Waals surface area contributed by atoms with E-state index in [4.69, 9.17) is 9.47 Å². The van der Waals surface area contributed by atoms with Crippen LogP contribution in [-0.4, -0.2) is 19.8 Å². The van der Waals surface area contributed by atoms with E-state index in [1.807, 2.05) is 26.0 Å². The number of hydrogen-bond donors (Lipinski definition) is 1. The first-order valence-corrected chi connectivity index (χ1v) is 6.41. The fourth-order valence-electron chi connectivity index (χ4n) is 2.27. The van der Waals surface area contributed by atoms with Crippen molar-refractivity contribution in [1.82, 2.24) is 0 Å². The maximum Gasteiger partial charge on any atom is 0.142 e. The fraction of sp³-hybridized carbons (Fsp3) is 0.571. The Labute approximate surface area is 103 Å². The lowest BCUT2D eigenvalue weighted by atomic mass is 9.94. The number of nitrogens with one attached hydrogen (secondary N) is 1. The molecule has 1 heterocycles. The van der Waals surface area contributed by atoms with Crippen molar-refractivity contribution in [1.29, 1.82) is 0 Å². The van der Waals surface area contributed by atoms with Crippen LogP contribution in [0, 0.1) is 5.92 Å². The fourth-order valence-corrected chi connectivity index (χ4v) is 2.27. The molecule has 1 aliphatic heterocycles. The van der Waals surface area contributed by atoms with Crippen molar-refractivity contribution in [3.63, 3.8) is 0 Å². The Morgan fingerprint density at radius 1 is 1.18 bits per heavy atom. The van der Waals surface area contributed by atoms with E-state index in [1.54, 1.807) is 0 Å². The molecule has 0 spiro atoms. The maximum absolute atomic E-state index is 5.69. The summed E-state index contributed by atoms with van der Waals surface area (Å²) in [6, 6.07) is 4.02. The zero-order valence-corrected chi connectivity index (χ0v) is 10.9. The summed E-state index contributed by atoms with van der Waals surface area (Å²) in [5, 5.41) is 3.46. The molecule has 0 fully saturated rings. The molecule has 1 atom stereocenters. The molecule has 94 valence electrons. The van der Waals surface area contributed by atoms with Crippen LogP contribution in [0.2, 0.25) is 0 Å². The van der Waals surface area contributed by atoms with Crippen molar-refractivity contribution >= 4 is 5.69 Å². The van der Waals surface area contributed by atoms with Gasteiger partial charge in [0.15, 0.2) is 0 Å². The topological polar surface area (TPSA) is 30.5 Å². The third-order valence-corrected chi connectivity index (χ3v) is 3.01. The summed E-state index contributed by atoms with van der Waals surface area (Å²) in [4.78, 5) is 0. The molecule has 3 heteroatoms. The van der Waals surface area contributed by atoms with E-state index in [2.05, 4.69) is 12.2 Å². The third-order valence-electron chi connectivity index (χ3n) is 3.01. The number of anilines is 1. The van der Waals surface area contributed by atoms with Crippen molar-refractivity contribution in [3.8, 4) is 11.5 Å². The molecule has 1 N–H and O–H groups in total. The highest BCUT2D eigenvalue weighted by molar-refractivity contribution is 5.68. The highest BCUT2D eigenvalue weighted by atomic mass is 16.5. The summed E-state index contributed by atoms with van der Waals surface area (Å²) in [5.74, 6) is 2.57. The average Bonchev–Trinajstić information content (AvgIpc) is 2.32. The first-order valence-electron chi connectivity index (χ1n) is 6.41. The number of fused-ring (bicyclic) bond motifs is 1. The number of rotatable bonds is 4. The van der Waals surface area contributed by atoms with E-state index in [0.29, 0.717) is 19.1 Å². The summed E-state index contributed by atoms with van der Waals surface area (Å²) >= 11 is 0. The van der Waals surface area contributed by atoms with Crippen LogP contribution in [0.1, 0.15) is 26.3 Å².